The number of nitrogens with one attached hydrogen (secondary N) is 1. The summed E-state index contributed by atoms with van der Waals surface area (Å²) in [6, 6.07) is 0.640. The molecule has 0 amide bonds. The number of carbonyl (C=O) groups is 2. The van der Waals surface area contributed by atoms with Crippen LogP contribution in [-0.4, -0.2) is 89.6 Å². The van der Waals surface area contributed by atoms with Crippen molar-refractivity contribution in [3.8, 4) is 17.7 Å². The lowest BCUT2D eigenvalue weighted by molar-refractivity contribution is -0.228. The quantitative estimate of drug-likeness (QED) is 0.331. The number of aryl methyl sites for hydroxylation is 2. The molecule has 2 aromatic rings. The van der Waals surface area contributed by atoms with Crippen molar-refractivity contribution in [1.29, 1.82) is 0 Å². The van der Waals surface area contributed by atoms with Gasteiger partial charge in [0.15, 0.2) is 0 Å². The van der Waals surface area contributed by atoms with E-state index in [4.69, 9.17) is 14.2 Å². The number of esters is 2. The fourth-order valence-corrected chi connectivity index (χ4v) is 4.92. The summed E-state index contributed by atoms with van der Waals surface area (Å²) in [7, 11) is 1.82. The maximum atomic E-state index is 12.5. The van der Waals surface area contributed by atoms with Gasteiger partial charge in [0, 0.05) is 50.1 Å². The molecule has 0 aromatic carbocycles. The first kappa shape index (κ1) is 27.9. The van der Waals surface area contributed by atoms with Gasteiger partial charge in [-0.3, -0.25) is 4.68 Å². The lowest BCUT2D eigenvalue weighted by Gasteiger charge is -2.53. The Labute approximate surface area is 227 Å². The Morgan fingerprint density at radius 2 is 2.05 bits per heavy atom. The van der Waals surface area contributed by atoms with Crippen molar-refractivity contribution in [1.82, 2.24) is 20.1 Å². The molecule has 11 nitrogen and oxygen atoms in total. The minimum atomic E-state index is -5.26. The van der Waals surface area contributed by atoms with Crippen LogP contribution in [0.2, 0.25) is 0 Å². The Balaban J connectivity index is 1.37. The topological polar surface area (TPSA) is 117 Å². The number of alkyl halides is 3. The highest BCUT2D eigenvalue weighted by Crippen LogP contribution is 2.38. The second-order valence-corrected chi connectivity index (χ2v) is 10.1. The van der Waals surface area contributed by atoms with Crippen LogP contribution in [0.25, 0.3) is 0 Å². The Morgan fingerprint density at radius 1 is 1.27 bits per heavy atom. The van der Waals surface area contributed by atoms with E-state index in [0.717, 1.165) is 5.56 Å². The molecule has 5 rings (SSSR count). The number of carbonyl (C=O) groups excluding carboxylic acids is 2. The van der Waals surface area contributed by atoms with Crippen molar-refractivity contribution in [2.45, 2.75) is 50.2 Å². The number of hydrogen-bond acceptors (Lipinski definition) is 10. The Morgan fingerprint density at radius 3 is 2.70 bits per heavy atom. The van der Waals surface area contributed by atoms with Gasteiger partial charge in [0.05, 0.1) is 25.9 Å². The molecule has 0 saturated carbocycles. The van der Waals surface area contributed by atoms with Gasteiger partial charge in [-0.15, -0.1) is 0 Å². The standard InChI is InChI=1S/C26H28F3N5O6/c1-15-12-33(3)32-19(15)5-4-17-8-21(34-6-7-38-25(16(34)2)13-37-14-25)22(31-10-17)39-18-9-20(30-11-18)23(35)40-24(36)26(27,28)29/h8,10,12,16,18,20,30H,6-7,9,11,13-14H2,1-3H3/t16-,18-,20-/m0/s1. The first-order chi connectivity index (χ1) is 18.9. The Bertz CT molecular complexity index is 1360. The third kappa shape index (κ3) is 5.63. The largest absolute Gasteiger partial charge is 0.491 e. The molecule has 0 radical (unpaired) electrons. The monoisotopic (exact) mass is 563 g/mol. The lowest BCUT2D eigenvalue weighted by atomic mass is 9.90. The molecule has 1 spiro atoms. The van der Waals surface area contributed by atoms with Crippen molar-refractivity contribution in [2.75, 3.05) is 37.8 Å². The number of aromatic nitrogens is 3. The molecule has 214 valence electrons. The van der Waals surface area contributed by atoms with Crippen molar-refractivity contribution < 1.29 is 41.7 Å². The summed E-state index contributed by atoms with van der Waals surface area (Å²) in [6.07, 6.45) is -2.45. The van der Waals surface area contributed by atoms with Crippen LogP contribution in [0.3, 0.4) is 0 Å². The summed E-state index contributed by atoms with van der Waals surface area (Å²) in [6.45, 7) is 6.02. The number of nitrogens with zero attached hydrogens (tertiary/aromatic N) is 4. The molecule has 3 atom stereocenters. The molecule has 0 aliphatic carbocycles. The van der Waals surface area contributed by atoms with Crippen LogP contribution in [0.4, 0.5) is 18.9 Å². The van der Waals surface area contributed by atoms with Crippen LogP contribution in [-0.2, 0) is 30.8 Å². The van der Waals surface area contributed by atoms with E-state index in [1.165, 1.54) is 0 Å². The van der Waals surface area contributed by atoms with Gasteiger partial charge < -0.3 is 29.2 Å². The van der Waals surface area contributed by atoms with E-state index in [1.807, 2.05) is 33.2 Å². The normalized spacial score (nSPS) is 23.8. The van der Waals surface area contributed by atoms with Crippen molar-refractivity contribution >= 4 is 17.6 Å². The Kier molecular flexibility index (Phi) is 7.47. The van der Waals surface area contributed by atoms with E-state index in [9.17, 15) is 22.8 Å². The van der Waals surface area contributed by atoms with Gasteiger partial charge in [0.1, 0.15) is 29.1 Å². The van der Waals surface area contributed by atoms with Gasteiger partial charge in [-0.05, 0) is 25.8 Å². The maximum Gasteiger partial charge on any atom is 0.491 e. The summed E-state index contributed by atoms with van der Waals surface area (Å²) in [5.74, 6) is 2.58. The fraction of sp³-hybridized carbons (Fsp3) is 0.538. The number of ether oxygens (including phenoxy) is 4. The molecule has 2 aromatic heterocycles. The number of rotatable bonds is 4. The predicted octanol–water partition coefficient (Wildman–Crippen LogP) is 1.26. The van der Waals surface area contributed by atoms with Gasteiger partial charge >= 0.3 is 18.1 Å². The van der Waals surface area contributed by atoms with Crippen molar-refractivity contribution in [3.05, 3.63) is 35.3 Å². The minimum absolute atomic E-state index is 0.0119. The lowest BCUT2D eigenvalue weighted by Crippen LogP contribution is -2.68. The molecule has 0 bridgehead atoms. The number of anilines is 1. The summed E-state index contributed by atoms with van der Waals surface area (Å²) >= 11 is 0. The molecular weight excluding hydrogens is 535 g/mol. The third-order valence-corrected chi connectivity index (χ3v) is 7.20. The first-order valence-electron chi connectivity index (χ1n) is 12.7. The maximum absolute atomic E-state index is 12.5. The van der Waals surface area contributed by atoms with Gasteiger partial charge in [-0.1, -0.05) is 5.92 Å². The van der Waals surface area contributed by atoms with Crippen LogP contribution in [0.15, 0.2) is 18.5 Å². The second kappa shape index (κ2) is 10.7. The highest BCUT2D eigenvalue weighted by molar-refractivity contribution is 5.91. The molecule has 14 heteroatoms. The minimum Gasteiger partial charge on any atom is -0.471 e. The average molecular weight is 564 g/mol. The van der Waals surface area contributed by atoms with E-state index in [2.05, 4.69) is 36.9 Å². The van der Waals surface area contributed by atoms with E-state index < -0.39 is 35.9 Å². The van der Waals surface area contributed by atoms with Crippen LogP contribution in [0.1, 0.15) is 30.2 Å². The zero-order valence-electron chi connectivity index (χ0n) is 22.1. The molecule has 40 heavy (non-hydrogen) atoms. The van der Waals surface area contributed by atoms with Gasteiger partial charge in [-0.25, -0.2) is 14.6 Å². The molecule has 0 unspecified atom stereocenters. The fourth-order valence-electron chi connectivity index (χ4n) is 4.92. The number of pyridine rings is 1. The van der Waals surface area contributed by atoms with E-state index >= 15 is 0 Å². The summed E-state index contributed by atoms with van der Waals surface area (Å²) < 4.78 is 60.8. The molecule has 5 heterocycles. The van der Waals surface area contributed by atoms with Crippen molar-refractivity contribution in [2.24, 2.45) is 7.05 Å². The molecule has 3 aliphatic rings. The smallest absolute Gasteiger partial charge is 0.471 e. The Hall–Kier alpha value is -3.67. The SMILES string of the molecule is Cc1cn(C)nc1C#Cc1cnc(O[C@@H]2CN[C@H](C(=O)OC(=O)C(F)(F)F)C2)c(N2CCOC3(COC3)[C@@H]2C)c1. The molecular formula is C26H28F3N5O6. The zero-order valence-corrected chi connectivity index (χ0v) is 22.1. The van der Waals surface area contributed by atoms with E-state index in [0.29, 0.717) is 43.3 Å². The van der Waals surface area contributed by atoms with Crippen molar-refractivity contribution in [3.63, 3.8) is 0 Å². The van der Waals surface area contributed by atoms with Gasteiger partial charge in [-0.2, -0.15) is 18.3 Å². The van der Waals surface area contributed by atoms with Gasteiger partial charge in [0.2, 0.25) is 5.88 Å². The molecule has 1 N–H and O–H groups in total. The second-order valence-electron chi connectivity index (χ2n) is 10.1. The molecule has 3 aliphatic heterocycles. The predicted molar refractivity (Wildman–Crippen MR) is 132 cm³/mol. The van der Waals surface area contributed by atoms with E-state index in [1.54, 1.807) is 10.9 Å². The highest BCUT2D eigenvalue weighted by Gasteiger charge is 2.50. The van der Waals surface area contributed by atoms with E-state index in [-0.39, 0.29) is 24.9 Å². The third-order valence-electron chi connectivity index (χ3n) is 7.20. The summed E-state index contributed by atoms with van der Waals surface area (Å²) in [5.41, 5.74) is 2.41. The average Bonchev–Trinajstić information content (AvgIpc) is 3.47. The van der Waals surface area contributed by atoms with Crippen LogP contribution in [0.5, 0.6) is 5.88 Å². The van der Waals surface area contributed by atoms with Gasteiger partial charge in [0.25, 0.3) is 0 Å². The summed E-state index contributed by atoms with van der Waals surface area (Å²) in [5, 5.41) is 7.11. The first-order valence-corrected chi connectivity index (χ1v) is 12.7. The number of hydrogen-bond donors (Lipinski definition) is 1. The number of halogens is 3. The van der Waals surface area contributed by atoms with Crippen LogP contribution >= 0.6 is 0 Å². The summed E-state index contributed by atoms with van der Waals surface area (Å²) in [4.78, 5) is 29.8. The zero-order chi connectivity index (χ0) is 28.7. The number of morpholine rings is 1. The highest BCUT2D eigenvalue weighted by atomic mass is 19.4. The molecule has 3 fully saturated rings. The van der Waals surface area contributed by atoms with Crippen LogP contribution < -0.4 is 15.0 Å². The molecule has 3 saturated heterocycles. The van der Waals surface area contributed by atoms with Crippen LogP contribution in [0, 0.1) is 18.8 Å².